The van der Waals surface area contributed by atoms with Gasteiger partial charge in [0.2, 0.25) is 0 Å². The first kappa shape index (κ1) is 15.3. The van der Waals surface area contributed by atoms with Gasteiger partial charge in [0.15, 0.2) is 0 Å². The normalized spacial score (nSPS) is 17.1. The molecule has 0 bridgehead atoms. The highest BCUT2D eigenvalue weighted by molar-refractivity contribution is 9.10. The molecule has 2 aromatic rings. The summed E-state index contributed by atoms with van der Waals surface area (Å²) < 4.78 is 14.1. The second kappa shape index (κ2) is 6.67. The highest BCUT2D eigenvalue weighted by Crippen LogP contribution is 2.42. The third-order valence-corrected chi connectivity index (χ3v) is 5.91. The van der Waals surface area contributed by atoms with Gasteiger partial charge in [-0.15, -0.1) is 11.3 Å². The van der Waals surface area contributed by atoms with Crippen LogP contribution in [-0.2, 0) is 0 Å². The predicted octanol–water partition coefficient (Wildman–Crippen LogP) is 6.65. The van der Waals surface area contributed by atoms with Crippen molar-refractivity contribution in [2.45, 2.75) is 31.7 Å². The maximum absolute atomic E-state index is 13.4. The van der Waals surface area contributed by atoms with Crippen molar-refractivity contribution in [3.05, 3.63) is 49.8 Å². The van der Waals surface area contributed by atoms with Gasteiger partial charge in [0.05, 0.1) is 16.8 Å². The van der Waals surface area contributed by atoms with Crippen molar-refractivity contribution in [3.8, 4) is 0 Å². The lowest BCUT2D eigenvalue weighted by molar-refractivity contribution is 0.475. The third-order valence-electron chi connectivity index (χ3n) is 4.03. The molecule has 112 valence electrons. The van der Waals surface area contributed by atoms with Crippen LogP contribution in [0.5, 0.6) is 0 Å². The number of halogens is 3. The summed E-state index contributed by atoms with van der Waals surface area (Å²) >= 11 is 11.4. The molecule has 1 aromatic carbocycles. The zero-order chi connectivity index (χ0) is 14.8. The van der Waals surface area contributed by atoms with Gasteiger partial charge in [-0.2, -0.15) is 0 Å². The van der Waals surface area contributed by atoms with E-state index in [9.17, 15) is 4.39 Å². The van der Waals surface area contributed by atoms with Crippen LogP contribution >= 0.6 is 38.9 Å². The van der Waals surface area contributed by atoms with E-state index in [1.807, 2.05) is 0 Å². The Labute approximate surface area is 141 Å². The van der Waals surface area contributed by atoms with E-state index in [0.29, 0.717) is 15.4 Å². The van der Waals surface area contributed by atoms with Crippen molar-refractivity contribution in [1.29, 1.82) is 0 Å². The van der Waals surface area contributed by atoms with Crippen LogP contribution in [0.1, 0.15) is 36.6 Å². The van der Waals surface area contributed by atoms with E-state index >= 15 is 0 Å². The Balaban J connectivity index is 1.91. The first-order valence-corrected chi connectivity index (χ1v) is 9.14. The topological polar surface area (TPSA) is 12.0 Å². The Morgan fingerprint density at radius 2 is 2.10 bits per heavy atom. The molecule has 3 rings (SSSR count). The van der Waals surface area contributed by atoms with Crippen LogP contribution in [0.15, 0.2) is 34.1 Å². The number of thiophene rings is 1. The molecule has 0 aliphatic heterocycles. The Morgan fingerprint density at radius 1 is 1.33 bits per heavy atom. The smallest absolute Gasteiger partial charge is 0.125 e. The average Bonchev–Trinajstić information content (AvgIpc) is 3.11. The molecule has 0 amide bonds. The van der Waals surface area contributed by atoms with Gasteiger partial charge in [-0.1, -0.05) is 30.5 Å². The van der Waals surface area contributed by atoms with E-state index < -0.39 is 0 Å². The molecule has 0 spiro atoms. The van der Waals surface area contributed by atoms with Crippen molar-refractivity contribution in [2.24, 2.45) is 5.92 Å². The Morgan fingerprint density at radius 3 is 2.71 bits per heavy atom. The highest BCUT2D eigenvalue weighted by Gasteiger charge is 2.28. The molecule has 1 aliphatic carbocycles. The fourth-order valence-corrected chi connectivity index (χ4v) is 4.81. The fraction of sp³-hybridized carbons (Fsp3) is 0.375. The number of hydrogen-bond donors (Lipinski definition) is 1. The number of anilines is 1. The minimum absolute atomic E-state index is 0.242. The van der Waals surface area contributed by atoms with Crippen molar-refractivity contribution >= 4 is 44.6 Å². The zero-order valence-electron chi connectivity index (χ0n) is 11.4. The first-order chi connectivity index (χ1) is 10.1. The summed E-state index contributed by atoms with van der Waals surface area (Å²) in [6, 6.07) is 7.28. The van der Waals surface area contributed by atoms with Crippen LogP contribution in [0.2, 0.25) is 5.02 Å². The predicted molar refractivity (Wildman–Crippen MR) is 91.8 cm³/mol. The van der Waals surface area contributed by atoms with Crippen molar-refractivity contribution in [2.75, 3.05) is 5.32 Å². The van der Waals surface area contributed by atoms with Crippen molar-refractivity contribution in [3.63, 3.8) is 0 Å². The third kappa shape index (κ3) is 3.43. The summed E-state index contributed by atoms with van der Waals surface area (Å²) in [4.78, 5) is 1.31. The van der Waals surface area contributed by atoms with E-state index in [4.69, 9.17) is 11.6 Å². The van der Waals surface area contributed by atoms with E-state index in [1.165, 1.54) is 42.7 Å². The Hall–Kier alpha value is -0.580. The maximum atomic E-state index is 13.4. The summed E-state index contributed by atoms with van der Waals surface area (Å²) in [7, 11) is 0. The van der Waals surface area contributed by atoms with Crippen LogP contribution in [0.4, 0.5) is 10.1 Å². The summed E-state index contributed by atoms with van der Waals surface area (Å²) in [5.41, 5.74) is 0.781. The van der Waals surface area contributed by atoms with Crippen LogP contribution in [-0.4, -0.2) is 0 Å². The molecule has 1 heterocycles. The van der Waals surface area contributed by atoms with E-state index in [0.717, 1.165) is 5.69 Å². The second-order valence-electron chi connectivity index (χ2n) is 5.43. The SMILES string of the molecule is Fc1cc(Cl)c(NC(c2cccs2)C2CCCC2)c(Br)c1. The number of benzene rings is 1. The molecule has 1 saturated carbocycles. The lowest BCUT2D eigenvalue weighted by Crippen LogP contribution is -2.18. The molecule has 1 aliphatic rings. The van der Waals surface area contributed by atoms with Gasteiger partial charge in [-0.3, -0.25) is 0 Å². The molecule has 1 nitrogen and oxygen atoms in total. The molecule has 0 saturated heterocycles. The summed E-state index contributed by atoms with van der Waals surface area (Å²) in [5.74, 6) is 0.280. The lowest BCUT2D eigenvalue weighted by Gasteiger charge is -2.26. The minimum atomic E-state index is -0.328. The molecular weight excluding hydrogens is 373 g/mol. The lowest BCUT2D eigenvalue weighted by atomic mass is 9.96. The molecule has 5 heteroatoms. The summed E-state index contributed by atoms with van der Waals surface area (Å²) in [5, 5.41) is 6.07. The molecule has 1 unspecified atom stereocenters. The van der Waals surface area contributed by atoms with E-state index in [-0.39, 0.29) is 11.9 Å². The Kier molecular flexibility index (Phi) is 4.87. The Bertz CT molecular complexity index is 588. The first-order valence-electron chi connectivity index (χ1n) is 7.09. The monoisotopic (exact) mass is 387 g/mol. The summed E-state index contributed by atoms with van der Waals surface area (Å²) in [6.07, 6.45) is 5.02. The maximum Gasteiger partial charge on any atom is 0.125 e. The highest BCUT2D eigenvalue weighted by atomic mass is 79.9. The molecule has 1 fully saturated rings. The van der Waals surface area contributed by atoms with E-state index in [2.05, 4.69) is 38.8 Å². The molecule has 1 aromatic heterocycles. The fourth-order valence-electron chi connectivity index (χ4n) is 3.02. The largest absolute Gasteiger partial charge is 0.375 e. The standard InChI is InChI=1S/C16H16BrClFNS/c17-12-8-11(19)9-13(18)16(12)20-15(10-4-1-2-5-10)14-6-3-7-21-14/h3,6-10,15,20H,1-2,4-5H2. The van der Waals surface area contributed by atoms with Gasteiger partial charge in [-0.25, -0.2) is 4.39 Å². The molecule has 1 N–H and O–H groups in total. The van der Waals surface area contributed by atoms with Gasteiger partial charge >= 0.3 is 0 Å². The molecule has 21 heavy (non-hydrogen) atoms. The number of hydrogen-bond acceptors (Lipinski definition) is 2. The molecular formula is C16H16BrClFNS. The zero-order valence-corrected chi connectivity index (χ0v) is 14.6. The molecule has 1 atom stereocenters. The summed E-state index contributed by atoms with van der Waals surface area (Å²) in [6.45, 7) is 0. The minimum Gasteiger partial charge on any atom is -0.375 e. The van der Waals surface area contributed by atoms with Crippen LogP contribution in [0.3, 0.4) is 0 Å². The number of nitrogens with one attached hydrogen (secondary N) is 1. The van der Waals surface area contributed by atoms with Crippen LogP contribution in [0, 0.1) is 11.7 Å². The van der Waals surface area contributed by atoms with Crippen LogP contribution in [0.25, 0.3) is 0 Å². The van der Waals surface area contributed by atoms with Gasteiger partial charge in [-0.05, 0) is 58.3 Å². The quantitative estimate of drug-likeness (QED) is 0.618. The second-order valence-corrected chi connectivity index (χ2v) is 7.67. The van der Waals surface area contributed by atoms with Crippen molar-refractivity contribution < 1.29 is 4.39 Å². The van der Waals surface area contributed by atoms with Gasteiger partial charge in [0.25, 0.3) is 0 Å². The van der Waals surface area contributed by atoms with Gasteiger partial charge in [0, 0.05) is 9.35 Å². The van der Waals surface area contributed by atoms with Gasteiger partial charge in [0.1, 0.15) is 5.82 Å². The van der Waals surface area contributed by atoms with Gasteiger partial charge < -0.3 is 5.32 Å². The average molecular weight is 389 g/mol. The molecule has 0 radical (unpaired) electrons. The number of rotatable bonds is 4. The van der Waals surface area contributed by atoms with Crippen LogP contribution < -0.4 is 5.32 Å². The van der Waals surface area contributed by atoms with E-state index in [1.54, 1.807) is 11.3 Å². The van der Waals surface area contributed by atoms with Crippen molar-refractivity contribution in [1.82, 2.24) is 0 Å².